The lowest BCUT2D eigenvalue weighted by molar-refractivity contribution is -0.161. The van der Waals surface area contributed by atoms with Crippen molar-refractivity contribution in [3.8, 4) is 0 Å². The molecule has 5 atom stereocenters. The summed E-state index contributed by atoms with van der Waals surface area (Å²) in [6, 6.07) is 0. The van der Waals surface area contributed by atoms with Crippen LogP contribution in [0.4, 0.5) is 0 Å². The molecule has 0 bridgehead atoms. The van der Waals surface area contributed by atoms with E-state index in [2.05, 4.69) is 64.2 Å². The average Bonchev–Trinajstić information content (AvgIpc) is 1.67. The minimum atomic E-state index is -4.96. The van der Waals surface area contributed by atoms with Crippen LogP contribution in [0, 0.1) is 0 Å². The fourth-order valence-corrected chi connectivity index (χ4v) is 12.3. The Hall–Kier alpha value is -2.72. The Bertz CT molecular complexity index is 1930. The minimum Gasteiger partial charge on any atom is -0.462 e. The molecular formula is C75H140O17P2. The third kappa shape index (κ3) is 67.8. The predicted octanol–water partition coefficient (Wildman–Crippen LogP) is 21.6. The average molecular weight is 1380 g/mol. The van der Waals surface area contributed by atoms with Gasteiger partial charge < -0.3 is 33.8 Å². The number of hydrogen-bond donors (Lipinski definition) is 3. The number of carbonyl (C=O) groups is 4. The molecule has 94 heavy (non-hydrogen) atoms. The number of carbonyl (C=O) groups excluding carboxylic acids is 4. The number of unbranched alkanes of at least 4 members (excludes halogenated alkanes) is 42. The van der Waals surface area contributed by atoms with Gasteiger partial charge in [-0.1, -0.05) is 295 Å². The predicted molar refractivity (Wildman–Crippen MR) is 381 cm³/mol. The van der Waals surface area contributed by atoms with Gasteiger partial charge in [-0.05, 0) is 77.0 Å². The molecule has 3 N–H and O–H groups in total. The Kier molecular flexibility index (Phi) is 66.8. The zero-order valence-electron chi connectivity index (χ0n) is 60.2. The highest BCUT2D eigenvalue weighted by Crippen LogP contribution is 2.45. The first-order valence-electron chi connectivity index (χ1n) is 38.2. The molecule has 0 spiro atoms. The molecule has 0 saturated carbocycles. The van der Waals surface area contributed by atoms with Gasteiger partial charge in [0.1, 0.15) is 19.3 Å². The summed E-state index contributed by atoms with van der Waals surface area (Å²) in [4.78, 5) is 72.7. The molecule has 0 rings (SSSR count). The van der Waals surface area contributed by atoms with Crippen molar-refractivity contribution in [2.24, 2.45) is 0 Å². The third-order valence-corrected chi connectivity index (χ3v) is 18.5. The Morgan fingerprint density at radius 1 is 0.298 bits per heavy atom. The van der Waals surface area contributed by atoms with Crippen molar-refractivity contribution in [1.82, 2.24) is 0 Å². The first-order valence-corrected chi connectivity index (χ1v) is 41.2. The van der Waals surface area contributed by atoms with Crippen LogP contribution in [0.3, 0.4) is 0 Å². The highest BCUT2D eigenvalue weighted by atomic mass is 31.2. The molecule has 0 aromatic carbocycles. The summed E-state index contributed by atoms with van der Waals surface area (Å²) in [5, 5.41) is 10.6. The number of rotatable bonds is 73. The number of ether oxygens (including phenoxy) is 4. The van der Waals surface area contributed by atoms with E-state index in [4.69, 9.17) is 37.0 Å². The highest BCUT2D eigenvalue weighted by molar-refractivity contribution is 7.47. The van der Waals surface area contributed by atoms with Crippen LogP contribution in [-0.2, 0) is 65.4 Å². The van der Waals surface area contributed by atoms with Crippen molar-refractivity contribution in [1.29, 1.82) is 0 Å². The molecule has 0 aliphatic carbocycles. The minimum absolute atomic E-state index is 0.0921. The van der Waals surface area contributed by atoms with Gasteiger partial charge in [-0.15, -0.1) is 0 Å². The first kappa shape index (κ1) is 91.3. The molecule has 0 heterocycles. The monoisotopic (exact) mass is 1370 g/mol. The van der Waals surface area contributed by atoms with Crippen molar-refractivity contribution in [3.05, 3.63) is 36.5 Å². The highest BCUT2D eigenvalue weighted by Gasteiger charge is 2.30. The van der Waals surface area contributed by atoms with Gasteiger partial charge in [0.05, 0.1) is 26.4 Å². The van der Waals surface area contributed by atoms with Gasteiger partial charge in [0.25, 0.3) is 0 Å². The number of allylic oxidation sites excluding steroid dienone is 6. The number of phosphoric ester groups is 2. The quantitative estimate of drug-likeness (QED) is 0.0128. The van der Waals surface area contributed by atoms with Crippen LogP contribution in [0.2, 0.25) is 0 Å². The van der Waals surface area contributed by atoms with Gasteiger partial charge in [-0.25, -0.2) is 9.13 Å². The van der Waals surface area contributed by atoms with Gasteiger partial charge in [0, 0.05) is 25.7 Å². The molecule has 0 amide bonds. The standard InChI is InChI=1S/C75H140O17P2/c1-5-9-13-17-21-25-29-33-34-38-40-44-48-52-56-60-73(78)86-66-71(92-75(80)62-58-54-50-46-42-37-32-28-24-20-16-12-8-4)68-90-94(83,84)88-64-69(76)63-87-93(81,82)89-67-70(91-74(79)61-57-53-49-45-41-36-31-27-23-19-15-11-7-3)65-85-72(77)59-55-51-47-43-39-35-30-26-22-18-14-10-6-2/h25,27,29,31,33-34,69-71,76H,5-24,26,28,30,32,35-68H2,1-4H3,(H,81,82)(H,83,84)/b29-25-,31-27-,34-33-/t69-,70-,71-/m1/s1. The van der Waals surface area contributed by atoms with Crippen LogP contribution in [-0.4, -0.2) is 96.7 Å². The summed E-state index contributed by atoms with van der Waals surface area (Å²) in [6.07, 6.45) is 62.7. The van der Waals surface area contributed by atoms with Crippen molar-refractivity contribution in [3.63, 3.8) is 0 Å². The molecule has 0 radical (unpaired) electrons. The summed E-state index contributed by atoms with van der Waals surface area (Å²) in [6.45, 7) is 4.88. The molecular weight excluding hydrogens is 1230 g/mol. The number of aliphatic hydroxyl groups is 1. The Morgan fingerprint density at radius 3 is 0.809 bits per heavy atom. The van der Waals surface area contributed by atoms with Crippen molar-refractivity contribution in [2.45, 2.75) is 380 Å². The normalized spacial score (nSPS) is 14.2. The number of phosphoric acid groups is 2. The van der Waals surface area contributed by atoms with E-state index < -0.39 is 97.5 Å². The van der Waals surface area contributed by atoms with E-state index in [1.165, 1.54) is 161 Å². The lowest BCUT2D eigenvalue weighted by Gasteiger charge is -2.21. The summed E-state index contributed by atoms with van der Waals surface area (Å²) in [7, 11) is -9.93. The van der Waals surface area contributed by atoms with E-state index in [9.17, 15) is 43.2 Å². The lowest BCUT2D eigenvalue weighted by Crippen LogP contribution is -2.30. The van der Waals surface area contributed by atoms with Gasteiger partial charge in [0.15, 0.2) is 12.2 Å². The number of aliphatic hydroxyl groups excluding tert-OH is 1. The van der Waals surface area contributed by atoms with E-state index in [-0.39, 0.29) is 25.7 Å². The molecule has 0 aliphatic heterocycles. The van der Waals surface area contributed by atoms with E-state index in [0.717, 1.165) is 122 Å². The van der Waals surface area contributed by atoms with Crippen molar-refractivity contribution in [2.75, 3.05) is 39.6 Å². The van der Waals surface area contributed by atoms with Crippen LogP contribution in [0.15, 0.2) is 36.5 Å². The van der Waals surface area contributed by atoms with Crippen LogP contribution in [0.5, 0.6) is 0 Å². The lowest BCUT2D eigenvalue weighted by atomic mass is 10.0. The first-order chi connectivity index (χ1) is 45.7. The molecule has 0 saturated heterocycles. The van der Waals surface area contributed by atoms with E-state index in [1.807, 2.05) is 0 Å². The smallest absolute Gasteiger partial charge is 0.462 e. The van der Waals surface area contributed by atoms with Crippen LogP contribution < -0.4 is 0 Å². The maximum Gasteiger partial charge on any atom is 0.472 e. The van der Waals surface area contributed by atoms with Crippen molar-refractivity contribution >= 4 is 39.5 Å². The van der Waals surface area contributed by atoms with Gasteiger partial charge in [-0.3, -0.25) is 37.3 Å². The van der Waals surface area contributed by atoms with E-state index >= 15 is 0 Å². The Morgan fingerprint density at radius 2 is 0.521 bits per heavy atom. The molecule has 0 aliphatic rings. The second-order valence-corrected chi connectivity index (χ2v) is 28.9. The molecule has 0 aromatic rings. The number of esters is 4. The largest absolute Gasteiger partial charge is 0.472 e. The van der Waals surface area contributed by atoms with Gasteiger partial charge in [-0.2, -0.15) is 0 Å². The second-order valence-electron chi connectivity index (χ2n) is 26.0. The molecule has 0 fully saturated rings. The third-order valence-electron chi connectivity index (χ3n) is 16.6. The zero-order valence-corrected chi connectivity index (χ0v) is 61.9. The summed E-state index contributed by atoms with van der Waals surface area (Å²) < 4.78 is 68.4. The Labute approximate surface area is 573 Å². The fraction of sp³-hybridized carbons (Fsp3) is 0.867. The molecule has 552 valence electrons. The molecule has 17 nitrogen and oxygen atoms in total. The molecule has 0 aromatic heterocycles. The number of hydrogen-bond acceptors (Lipinski definition) is 15. The van der Waals surface area contributed by atoms with E-state index in [1.54, 1.807) is 0 Å². The Balaban J connectivity index is 5.30. The molecule has 19 heteroatoms. The fourth-order valence-electron chi connectivity index (χ4n) is 10.7. The summed E-state index contributed by atoms with van der Waals surface area (Å²) in [5.74, 6) is -2.16. The van der Waals surface area contributed by atoms with Crippen LogP contribution >= 0.6 is 15.6 Å². The topological polar surface area (TPSA) is 237 Å². The van der Waals surface area contributed by atoms with Gasteiger partial charge in [0.2, 0.25) is 0 Å². The molecule has 2 unspecified atom stereocenters. The van der Waals surface area contributed by atoms with Crippen LogP contribution in [0.25, 0.3) is 0 Å². The summed E-state index contributed by atoms with van der Waals surface area (Å²) in [5.41, 5.74) is 0. The SMILES string of the molecule is CCCCCC/C=C\C=C/CCCCCCCC(=O)OC[C@H](COP(=O)(O)OC[C@H](O)COP(=O)(O)OC[C@@H](COC(=O)CCCCCCCCCCCCCCC)OC(=O)CCCCCCC/C=C\CCCCCC)OC(=O)CCCCCCCCCCCCCCC. The summed E-state index contributed by atoms with van der Waals surface area (Å²) >= 11 is 0. The van der Waals surface area contributed by atoms with Crippen molar-refractivity contribution < 1.29 is 80.2 Å². The maximum absolute atomic E-state index is 13.1. The maximum atomic E-state index is 13.1. The zero-order chi connectivity index (χ0) is 69.0. The second kappa shape index (κ2) is 68.8. The van der Waals surface area contributed by atoms with E-state index in [0.29, 0.717) is 25.7 Å². The van der Waals surface area contributed by atoms with Gasteiger partial charge >= 0.3 is 39.5 Å². The van der Waals surface area contributed by atoms with Crippen LogP contribution in [0.1, 0.15) is 362 Å².